The summed E-state index contributed by atoms with van der Waals surface area (Å²) in [5.41, 5.74) is -2.20. The summed E-state index contributed by atoms with van der Waals surface area (Å²) in [6, 6.07) is 4.45. The zero-order valence-electron chi connectivity index (χ0n) is 21.0. The van der Waals surface area contributed by atoms with Gasteiger partial charge in [-0.15, -0.1) is 5.10 Å². The van der Waals surface area contributed by atoms with Crippen LogP contribution >= 0.6 is 0 Å². The SMILES string of the molecule is COCn1nnnc1-c1nccc2[nH]c(-c3c(Oc4ccc(F)c(F)c4C)ncc(C(F)(F)F)c3C)cc(=O)c12. The number of aromatic amines is 1. The number of tetrazole rings is 1. The summed E-state index contributed by atoms with van der Waals surface area (Å²) in [5, 5.41) is 11.3. The smallest absolute Gasteiger partial charge is 0.418 e. The minimum absolute atomic E-state index is 0.0322. The molecule has 0 amide bonds. The van der Waals surface area contributed by atoms with Gasteiger partial charge in [-0.3, -0.25) is 9.78 Å². The molecule has 4 heterocycles. The number of halogens is 5. The van der Waals surface area contributed by atoms with Gasteiger partial charge >= 0.3 is 6.18 Å². The van der Waals surface area contributed by atoms with E-state index < -0.39 is 28.8 Å². The topological polar surface area (TPSA) is 121 Å². The van der Waals surface area contributed by atoms with Crippen molar-refractivity contribution in [2.24, 2.45) is 0 Å². The van der Waals surface area contributed by atoms with Crippen LogP contribution < -0.4 is 10.2 Å². The minimum Gasteiger partial charge on any atom is -0.438 e. The van der Waals surface area contributed by atoms with E-state index in [4.69, 9.17) is 9.47 Å². The van der Waals surface area contributed by atoms with Crippen LogP contribution in [0.1, 0.15) is 16.7 Å². The van der Waals surface area contributed by atoms with Crippen molar-refractivity contribution in [3.05, 3.63) is 75.2 Å². The van der Waals surface area contributed by atoms with Crippen LogP contribution in [0.2, 0.25) is 0 Å². The molecule has 10 nitrogen and oxygen atoms in total. The van der Waals surface area contributed by atoms with E-state index in [0.717, 1.165) is 18.2 Å². The highest BCUT2D eigenvalue weighted by Gasteiger charge is 2.35. The second-order valence-electron chi connectivity index (χ2n) is 8.61. The molecular formula is C25H18F5N7O3. The maximum Gasteiger partial charge on any atom is 0.418 e. The lowest BCUT2D eigenvalue weighted by molar-refractivity contribution is -0.138. The van der Waals surface area contributed by atoms with E-state index in [1.165, 1.54) is 37.9 Å². The van der Waals surface area contributed by atoms with Crippen LogP contribution in [0, 0.1) is 25.5 Å². The van der Waals surface area contributed by atoms with Gasteiger partial charge in [0, 0.05) is 31.1 Å². The number of pyridine rings is 3. The largest absolute Gasteiger partial charge is 0.438 e. The molecule has 5 rings (SSSR count). The fourth-order valence-electron chi connectivity index (χ4n) is 4.20. The number of fused-ring (bicyclic) bond motifs is 1. The molecule has 0 fully saturated rings. The first-order valence-electron chi connectivity index (χ1n) is 11.5. The number of nitrogens with one attached hydrogen (secondary N) is 1. The highest BCUT2D eigenvalue weighted by Crippen LogP contribution is 2.41. The van der Waals surface area contributed by atoms with Crippen molar-refractivity contribution < 1.29 is 31.4 Å². The molecule has 0 aliphatic carbocycles. The van der Waals surface area contributed by atoms with Crippen molar-refractivity contribution in [3.8, 4) is 34.4 Å². The summed E-state index contributed by atoms with van der Waals surface area (Å²) >= 11 is 0. The molecule has 0 aliphatic rings. The Morgan fingerprint density at radius 1 is 1.07 bits per heavy atom. The monoisotopic (exact) mass is 559 g/mol. The van der Waals surface area contributed by atoms with E-state index in [1.54, 1.807) is 0 Å². The molecule has 206 valence electrons. The maximum atomic E-state index is 14.2. The predicted octanol–water partition coefficient (Wildman–Crippen LogP) is 4.95. The van der Waals surface area contributed by atoms with Crippen LogP contribution in [0.5, 0.6) is 11.6 Å². The molecule has 0 bridgehead atoms. The fraction of sp³-hybridized carbons (Fsp3) is 0.200. The van der Waals surface area contributed by atoms with Gasteiger partial charge in [0.25, 0.3) is 0 Å². The van der Waals surface area contributed by atoms with Gasteiger partial charge in [-0.05, 0) is 48.0 Å². The lowest BCUT2D eigenvalue weighted by Crippen LogP contribution is -2.12. The number of hydrogen-bond donors (Lipinski definition) is 1. The second kappa shape index (κ2) is 10.1. The van der Waals surface area contributed by atoms with Gasteiger partial charge in [-0.1, -0.05) is 0 Å². The molecule has 0 saturated carbocycles. The van der Waals surface area contributed by atoms with Crippen LogP contribution in [0.25, 0.3) is 33.7 Å². The Labute approximate surface area is 221 Å². The predicted molar refractivity (Wildman–Crippen MR) is 130 cm³/mol. The number of hydrogen-bond acceptors (Lipinski definition) is 8. The van der Waals surface area contributed by atoms with Crippen LogP contribution in [0.4, 0.5) is 22.0 Å². The highest BCUT2D eigenvalue weighted by molar-refractivity contribution is 5.92. The average Bonchev–Trinajstić information content (AvgIpc) is 3.36. The van der Waals surface area contributed by atoms with Gasteiger partial charge in [0.05, 0.1) is 27.7 Å². The normalized spacial score (nSPS) is 11.8. The molecule has 0 saturated heterocycles. The summed E-state index contributed by atoms with van der Waals surface area (Å²) in [5.74, 6) is -2.72. The van der Waals surface area contributed by atoms with Crippen molar-refractivity contribution in [3.63, 3.8) is 0 Å². The van der Waals surface area contributed by atoms with Gasteiger partial charge in [-0.2, -0.15) is 17.9 Å². The Hall–Kier alpha value is -4.79. The van der Waals surface area contributed by atoms with Crippen LogP contribution in [-0.2, 0) is 17.6 Å². The first kappa shape index (κ1) is 26.8. The molecule has 0 atom stereocenters. The van der Waals surface area contributed by atoms with Crippen molar-refractivity contribution in [2.45, 2.75) is 26.8 Å². The molecule has 40 heavy (non-hydrogen) atoms. The van der Waals surface area contributed by atoms with E-state index >= 15 is 0 Å². The van der Waals surface area contributed by atoms with Gasteiger partial charge in [0.2, 0.25) is 11.7 Å². The quantitative estimate of drug-likeness (QED) is 0.290. The Morgan fingerprint density at radius 2 is 1.85 bits per heavy atom. The Bertz CT molecular complexity index is 1820. The number of benzene rings is 1. The number of H-pyrrole nitrogens is 1. The molecular weight excluding hydrogens is 541 g/mol. The van der Waals surface area contributed by atoms with Gasteiger partial charge in [-0.25, -0.2) is 13.8 Å². The van der Waals surface area contributed by atoms with Crippen molar-refractivity contribution in [1.29, 1.82) is 0 Å². The number of ether oxygens (including phenoxy) is 2. The molecule has 15 heteroatoms. The number of aromatic nitrogens is 7. The standard InChI is InChI=1S/C25H18F5N7O3/c1-11-13(25(28,29)30)9-32-24(40-18-5-4-14(26)21(27)12(18)2)19(11)16-8-17(38)20-15(33-16)6-7-31-22(20)23-34-35-36-37(23)10-39-3/h4-9H,10H2,1-3H3,(H,33,38). The third-order valence-electron chi connectivity index (χ3n) is 6.11. The molecule has 0 aliphatic heterocycles. The number of methoxy groups -OCH3 is 1. The molecule has 0 spiro atoms. The van der Waals surface area contributed by atoms with Crippen LogP contribution in [0.3, 0.4) is 0 Å². The molecule has 4 aromatic heterocycles. The third-order valence-corrected chi connectivity index (χ3v) is 6.11. The van der Waals surface area contributed by atoms with Gasteiger partial charge < -0.3 is 14.5 Å². The molecule has 0 unspecified atom stereocenters. The Kier molecular flexibility index (Phi) is 6.75. The highest BCUT2D eigenvalue weighted by atomic mass is 19.4. The van der Waals surface area contributed by atoms with Crippen LogP contribution in [-0.4, -0.2) is 42.3 Å². The molecule has 0 radical (unpaired) electrons. The van der Waals surface area contributed by atoms with Crippen molar-refractivity contribution >= 4 is 10.9 Å². The van der Waals surface area contributed by atoms with Gasteiger partial charge in [0.15, 0.2) is 17.1 Å². The molecule has 1 aromatic carbocycles. The maximum absolute atomic E-state index is 14.2. The van der Waals surface area contributed by atoms with Crippen LogP contribution in [0.15, 0.2) is 41.5 Å². The van der Waals surface area contributed by atoms with E-state index in [9.17, 15) is 26.7 Å². The van der Waals surface area contributed by atoms with E-state index in [2.05, 4.69) is 30.5 Å². The lowest BCUT2D eigenvalue weighted by atomic mass is 10.0. The Morgan fingerprint density at radius 3 is 2.58 bits per heavy atom. The van der Waals surface area contributed by atoms with Crippen molar-refractivity contribution in [1.82, 2.24) is 35.2 Å². The van der Waals surface area contributed by atoms with Gasteiger partial charge in [0.1, 0.15) is 18.2 Å². The second-order valence-corrected chi connectivity index (χ2v) is 8.61. The third kappa shape index (κ3) is 4.64. The molecule has 1 N–H and O–H groups in total. The van der Waals surface area contributed by atoms with E-state index in [-0.39, 0.29) is 63.2 Å². The number of rotatable bonds is 6. The minimum atomic E-state index is -4.78. The van der Waals surface area contributed by atoms with E-state index in [0.29, 0.717) is 6.20 Å². The summed E-state index contributed by atoms with van der Waals surface area (Å²) in [7, 11) is 1.42. The first-order chi connectivity index (χ1) is 19.0. The Balaban J connectivity index is 1.73. The number of alkyl halides is 3. The summed E-state index contributed by atoms with van der Waals surface area (Å²) < 4.78 is 81.3. The van der Waals surface area contributed by atoms with E-state index in [1.807, 2.05) is 0 Å². The van der Waals surface area contributed by atoms with Crippen molar-refractivity contribution in [2.75, 3.05) is 7.11 Å². The fourth-order valence-corrected chi connectivity index (χ4v) is 4.20. The summed E-state index contributed by atoms with van der Waals surface area (Å²) in [4.78, 5) is 24.4. The first-order valence-corrected chi connectivity index (χ1v) is 11.5. The number of nitrogens with zero attached hydrogens (tertiary/aromatic N) is 6. The summed E-state index contributed by atoms with van der Waals surface area (Å²) in [6.45, 7) is 2.40. The zero-order chi connectivity index (χ0) is 28.8. The molecule has 5 aromatic rings. The lowest BCUT2D eigenvalue weighted by Gasteiger charge is -2.18. The summed E-state index contributed by atoms with van der Waals surface area (Å²) in [6.07, 6.45) is -2.85. The average molecular weight is 559 g/mol. The zero-order valence-corrected chi connectivity index (χ0v) is 21.0.